The Morgan fingerprint density at radius 2 is 2.08 bits per heavy atom. The molecule has 0 aromatic heterocycles. The summed E-state index contributed by atoms with van der Waals surface area (Å²) in [5.74, 6) is 0.745. The molecule has 1 N–H and O–H groups in total. The van der Waals surface area contributed by atoms with Crippen molar-refractivity contribution >= 4 is 0 Å². The molecule has 0 amide bonds. The Balaban J connectivity index is 2.23. The van der Waals surface area contributed by atoms with Crippen LogP contribution >= 0.6 is 0 Å². The van der Waals surface area contributed by atoms with E-state index in [0.29, 0.717) is 6.04 Å². The fraction of sp³-hybridized carbons (Fsp3) is 0.800. The summed E-state index contributed by atoms with van der Waals surface area (Å²) in [6.45, 7) is 4.03. The van der Waals surface area contributed by atoms with Crippen LogP contribution in [0.1, 0.15) is 19.8 Å². The van der Waals surface area contributed by atoms with Crippen LogP contribution in [0.15, 0.2) is 12.2 Å². The topological polar surface area (TPSA) is 21.3 Å². The van der Waals surface area contributed by atoms with Gasteiger partial charge in [0.1, 0.15) is 0 Å². The van der Waals surface area contributed by atoms with E-state index in [4.69, 9.17) is 4.74 Å². The van der Waals surface area contributed by atoms with E-state index >= 15 is 0 Å². The highest BCUT2D eigenvalue weighted by molar-refractivity contribution is 4.94. The van der Waals surface area contributed by atoms with Crippen LogP contribution in [0.25, 0.3) is 0 Å². The first-order valence-electron chi connectivity index (χ1n) is 4.76. The van der Waals surface area contributed by atoms with Gasteiger partial charge in [0, 0.05) is 19.3 Å². The molecule has 70 valence electrons. The van der Waals surface area contributed by atoms with E-state index in [2.05, 4.69) is 24.4 Å². The van der Waals surface area contributed by atoms with Crippen LogP contribution in [0.5, 0.6) is 0 Å². The molecule has 12 heavy (non-hydrogen) atoms. The number of hydrogen-bond donors (Lipinski definition) is 1. The second kappa shape index (κ2) is 5.33. The molecule has 0 spiro atoms. The maximum Gasteiger partial charge on any atom is 0.0471 e. The van der Waals surface area contributed by atoms with Gasteiger partial charge in [-0.05, 0) is 32.7 Å². The van der Waals surface area contributed by atoms with Crippen molar-refractivity contribution in [2.24, 2.45) is 5.92 Å². The van der Waals surface area contributed by atoms with Crippen molar-refractivity contribution in [1.29, 1.82) is 0 Å². The third-order valence-electron chi connectivity index (χ3n) is 2.39. The Bertz CT molecular complexity index is 139. The largest absolute Gasteiger partial charge is 0.381 e. The van der Waals surface area contributed by atoms with Gasteiger partial charge in [-0.3, -0.25) is 0 Å². The first-order valence-corrected chi connectivity index (χ1v) is 4.76. The monoisotopic (exact) mass is 169 g/mol. The van der Waals surface area contributed by atoms with Crippen molar-refractivity contribution in [3.8, 4) is 0 Å². The van der Waals surface area contributed by atoms with Crippen LogP contribution < -0.4 is 5.32 Å². The molecule has 0 radical (unpaired) electrons. The molecule has 0 aliphatic carbocycles. The van der Waals surface area contributed by atoms with Gasteiger partial charge < -0.3 is 10.1 Å². The van der Waals surface area contributed by atoms with Crippen molar-refractivity contribution in [2.75, 3.05) is 20.3 Å². The Labute approximate surface area is 75.0 Å². The third-order valence-corrected chi connectivity index (χ3v) is 2.39. The molecule has 1 atom stereocenters. The van der Waals surface area contributed by atoms with Gasteiger partial charge in [0.2, 0.25) is 0 Å². The molecule has 1 unspecified atom stereocenters. The van der Waals surface area contributed by atoms with Crippen LogP contribution in [0.3, 0.4) is 0 Å². The van der Waals surface area contributed by atoms with E-state index in [1.54, 1.807) is 0 Å². The predicted molar refractivity (Wildman–Crippen MR) is 51.2 cm³/mol. The molecular formula is C10H19NO. The summed E-state index contributed by atoms with van der Waals surface area (Å²) in [5.41, 5.74) is 0. The molecule has 2 nitrogen and oxygen atoms in total. The molecule has 1 saturated heterocycles. The molecule has 1 aliphatic heterocycles. The number of nitrogens with one attached hydrogen (secondary N) is 1. The summed E-state index contributed by atoms with van der Waals surface area (Å²) >= 11 is 0. The van der Waals surface area contributed by atoms with Crippen LogP contribution in [0, 0.1) is 5.92 Å². The first kappa shape index (κ1) is 9.75. The number of hydrogen-bond acceptors (Lipinski definition) is 2. The highest BCUT2D eigenvalue weighted by Crippen LogP contribution is 2.15. The van der Waals surface area contributed by atoms with Crippen LogP contribution in [0.4, 0.5) is 0 Å². The summed E-state index contributed by atoms with van der Waals surface area (Å²) in [5, 5.41) is 3.19. The minimum atomic E-state index is 0.493. The lowest BCUT2D eigenvalue weighted by molar-refractivity contribution is 0.0784. The molecule has 1 rings (SSSR count). The zero-order valence-electron chi connectivity index (χ0n) is 8.05. The van der Waals surface area contributed by atoms with Gasteiger partial charge in [0.15, 0.2) is 0 Å². The molecular weight excluding hydrogens is 150 g/mol. The second-order valence-electron chi connectivity index (χ2n) is 3.41. The third kappa shape index (κ3) is 3.37. The fourth-order valence-electron chi connectivity index (χ4n) is 1.33. The Hall–Kier alpha value is -0.340. The van der Waals surface area contributed by atoms with Gasteiger partial charge >= 0.3 is 0 Å². The summed E-state index contributed by atoms with van der Waals surface area (Å²) < 4.78 is 5.28. The van der Waals surface area contributed by atoms with Crippen molar-refractivity contribution in [1.82, 2.24) is 5.32 Å². The maximum absolute atomic E-state index is 5.28. The average Bonchev–Trinajstić information content (AvgIpc) is 2.16. The molecule has 0 bridgehead atoms. The van der Waals surface area contributed by atoms with Crippen molar-refractivity contribution in [2.45, 2.75) is 25.8 Å². The number of rotatable bonds is 3. The molecule has 1 aliphatic rings. The minimum Gasteiger partial charge on any atom is -0.381 e. The molecule has 0 saturated carbocycles. The van der Waals surface area contributed by atoms with Gasteiger partial charge in [-0.15, -0.1) is 0 Å². The highest BCUT2D eigenvalue weighted by atomic mass is 16.5. The summed E-state index contributed by atoms with van der Waals surface area (Å²) in [6.07, 6.45) is 6.94. The van der Waals surface area contributed by atoms with Crippen LogP contribution in [-0.2, 0) is 4.74 Å². The number of ether oxygens (including phenoxy) is 1. The minimum absolute atomic E-state index is 0.493. The lowest BCUT2D eigenvalue weighted by atomic mass is 9.99. The summed E-state index contributed by atoms with van der Waals surface area (Å²) in [7, 11) is 1.99. The van der Waals surface area contributed by atoms with Crippen molar-refractivity contribution in [3.05, 3.63) is 12.2 Å². The first-order chi connectivity index (χ1) is 5.83. The van der Waals surface area contributed by atoms with E-state index in [9.17, 15) is 0 Å². The molecule has 2 heteroatoms. The van der Waals surface area contributed by atoms with E-state index in [1.165, 1.54) is 12.8 Å². The van der Waals surface area contributed by atoms with Gasteiger partial charge in [-0.25, -0.2) is 0 Å². The van der Waals surface area contributed by atoms with E-state index in [-0.39, 0.29) is 0 Å². The zero-order chi connectivity index (χ0) is 8.81. The Kier molecular flexibility index (Phi) is 4.33. The summed E-state index contributed by atoms with van der Waals surface area (Å²) in [4.78, 5) is 0. The molecule has 1 fully saturated rings. The van der Waals surface area contributed by atoms with Crippen LogP contribution in [0.2, 0.25) is 0 Å². The van der Waals surface area contributed by atoms with Crippen LogP contribution in [-0.4, -0.2) is 26.3 Å². The number of likely N-dealkylation sites (N-methyl/N-ethyl adjacent to an activating group) is 1. The normalized spacial score (nSPS) is 23.2. The SMILES string of the molecule is CNC(C)/C=C/C1CCOCC1. The molecule has 0 aromatic rings. The lowest BCUT2D eigenvalue weighted by Gasteiger charge is -2.19. The summed E-state index contributed by atoms with van der Waals surface area (Å²) in [6, 6.07) is 0.493. The highest BCUT2D eigenvalue weighted by Gasteiger charge is 2.09. The number of allylic oxidation sites excluding steroid dienone is 1. The lowest BCUT2D eigenvalue weighted by Crippen LogP contribution is -2.19. The van der Waals surface area contributed by atoms with Crippen molar-refractivity contribution in [3.63, 3.8) is 0 Å². The molecule has 1 heterocycles. The van der Waals surface area contributed by atoms with Gasteiger partial charge in [0.25, 0.3) is 0 Å². The quantitative estimate of drug-likeness (QED) is 0.648. The van der Waals surface area contributed by atoms with E-state index in [1.807, 2.05) is 7.05 Å². The van der Waals surface area contributed by atoms with Crippen molar-refractivity contribution < 1.29 is 4.74 Å². The zero-order valence-corrected chi connectivity index (χ0v) is 8.05. The average molecular weight is 169 g/mol. The standard InChI is InChI=1S/C10H19NO/c1-9(11-2)3-4-10-5-7-12-8-6-10/h3-4,9-11H,5-8H2,1-2H3/b4-3+. The van der Waals surface area contributed by atoms with E-state index in [0.717, 1.165) is 19.1 Å². The Morgan fingerprint density at radius 1 is 1.42 bits per heavy atom. The molecule has 0 aromatic carbocycles. The smallest absolute Gasteiger partial charge is 0.0471 e. The predicted octanol–water partition coefficient (Wildman–Crippen LogP) is 1.58. The van der Waals surface area contributed by atoms with Gasteiger partial charge in [0.05, 0.1) is 0 Å². The Morgan fingerprint density at radius 3 is 2.67 bits per heavy atom. The maximum atomic E-state index is 5.28. The van der Waals surface area contributed by atoms with E-state index < -0.39 is 0 Å². The second-order valence-corrected chi connectivity index (χ2v) is 3.41. The fourth-order valence-corrected chi connectivity index (χ4v) is 1.33. The van der Waals surface area contributed by atoms with Gasteiger partial charge in [-0.1, -0.05) is 12.2 Å². The van der Waals surface area contributed by atoms with Gasteiger partial charge in [-0.2, -0.15) is 0 Å².